The summed E-state index contributed by atoms with van der Waals surface area (Å²) >= 11 is 0. The van der Waals surface area contributed by atoms with Gasteiger partial charge < -0.3 is 14.9 Å². The van der Waals surface area contributed by atoms with Gasteiger partial charge in [0.15, 0.2) is 5.78 Å². The van der Waals surface area contributed by atoms with E-state index in [1.165, 1.54) is 25.1 Å². The molecule has 0 spiro atoms. The van der Waals surface area contributed by atoms with Crippen molar-refractivity contribution in [3.8, 4) is 5.75 Å². The molecule has 3 N–H and O–H groups in total. The van der Waals surface area contributed by atoms with Crippen molar-refractivity contribution in [2.75, 3.05) is 5.32 Å². The number of Topliss-reactive ketones (excluding diaryl/α,β-unsaturated/α-hetero) is 1. The number of hydrogen-bond acceptors (Lipinski definition) is 5. The van der Waals surface area contributed by atoms with Crippen LogP contribution >= 0.6 is 0 Å². The quantitative estimate of drug-likeness (QED) is 0.504. The summed E-state index contributed by atoms with van der Waals surface area (Å²) in [6.07, 6.45) is 1.03. The largest absolute Gasteiger partial charge is 0.508 e. The summed E-state index contributed by atoms with van der Waals surface area (Å²) in [5, 5.41) is 20.7. The fourth-order valence-electron chi connectivity index (χ4n) is 2.30. The predicted molar refractivity (Wildman–Crippen MR) is 98.8 cm³/mol. The molecular formula is C20H19NO6. The molecule has 0 saturated carbocycles. The van der Waals surface area contributed by atoms with Gasteiger partial charge in [0.2, 0.25) is 0 Å². The summed E-state index contributed by atoms with van der Waals surface area (Å²) < 4.78 is 5.40. The average molecular weight is 369 g/mol. The summed E-state index contributed by atoms with van der Waals surface area (Å²) in [6.45, 7) is 1.45. The molecular weight excluding hydrogens is 350 g/mol. The number of rotatable bonds is 7. The first-order chi connectivity index (χ1) is 12.8. The maximum atomic E-state index is 12.2. The number of phenols is 1. The number of ketones is 1. The predicted octanol–water partition coefficient (Wildman–Crippen LogP) is 3.92. The minimum absolute atomic E-state index is 0.0635. The van der Waals surface area contributed by atoms with E-state index >= 15 is 0 Å². The zero-order chi connectivity index (χ0) is 19.8. The summed E-state index contributed by atoms with van der Waals surface area (Å²) in [5.74, 6) is -1.12. The van der Waals surface area contributed by atoms with Gasteiger partial charge in [0.25, 0.3) is 0 Å². The van der Waals surface area contributed by atoms with Gasteiger partial charge in [-0.2, -0.15) is 0 Å². The first kappa shape index (κ1) is 19.7. The second-order valence-electron chi connectivity index (χ2n) is 5.72. The van der Waals surface area contributed by atoms with Gasteiger partial charge in [0, 0.05) is 23.7 Å². The third-order valence-corrected chi connectivity index (χ3v) is 3.66. The molecule has 0 bridgehead atoms. The molecule has 140 valence electrons. The molecule has 1 amide bonds. The number of aromatic hydroxyl groups is 1. The van der Waals surface area contributed by atoms with Crippen LogP contribution in [0.25, 0.3) is 0 Å². The molecule has 7 nitrogen and oxygen atoms in total. The van der Waals surface area contributed by atoms with Crippen molar-refractivity contribution >= 4 is 23.5 Å². The van der Waals surface area contributed by atoms with Crippen molar-refractivity contribution in [3.63, 3.8) is 0 Å². The Labute approximate surface area is 155 Å². The normalized spacial score (nSPS) is 11.7. The number of carbonyl (C=O) groups is 3. The van der Waals surface area contributed by atoms with Crippen LogP contribution in [0.15, 0.2) is 60.7 Å². The fourth-order valence-corrected chi connectivity index (χ4v) is 2.30. The third kappa shape index (κ3) is 6.32. The second kappa shape index (κ2) is 9.19. The van der Waals surface area contributed by atoms with Crippen molar-refractivity contribution in [2.45, 2.75) is 19.4 Å². The number of carbonyl (C=O) groups excluding carboxylic acids is 2. The number of benzene rings is 2. The Bertz CT molecular complexity index is 840. The van der Waals surface area contributed by atoms with E-state index in [0.29, 0.717) is 16.8 Å². The summed E-state index contributed by atoms with van der Waals surface area (Å²) in [5.41, 5.74) is 1.58. The number of carboxylic acid groups (broad SMARTS) is 1. The molecule has 0 aliphatic carbocycles. The Kier molecular flexibility index (Phi) is 6.71. The summed E-state index contributed by atoms with van der Waals surface area (Å²) in [6, 6.07) is 12.4. The van der Waals surface area contributed by atoms with E-state index in [4.69, 9.17) is 9.84 Å². The molecule has 0 aliphatic rings. The topological polar surface area (TPSA) is 113 Å². The van der Waals surface area contributed by atoms with Crippen LogP contribution in [0.4, 0.5) is 10.5 Å². The van der Waals surface area contributed by atoms with Crippen molar-refractivity contribution < 1.29 is 29.3 Å². The number of phenolic OH excluding ortho intramolecular Hbond substituents is 1. The number of carboxylic acids is 1. The standard InChI is InChI=1S/C20H19NO6/c1-13(22)14-5-9-16(10-6-14)21-20(26)27-18(3-2-4-19(24)25)15-7-11-17(23)12-8-15/h2,4-12,18,23H,3H2,1H3,(H,21,26)(H,24,25)/b4-2+/t18-/m1/s1. The van der Waals surface area contributed by atoms with Crippen molar-refractivity contribution in [1.82, 2.24) is 0 Å². The molecule has 0 aromatic heterocycles. The van der Waals surface area contributed by atoms with Crippen molar-refractivity contribution in [3.05, 3.63) is 71.8 Å². The van der Waals surface area contributed by atoms with Crippen LogP contribution in [0.5, 0.6) is 5.75 Å². The van der Waals surface area contributed by atoms with Crippen molar-refractivity contribution in [1.29, 1.82) is 0 Å². The molecule has 1 atom stereocenters. The average Bonchev–Trinajstić information content (AvgIpc) is 2.61. The first-order valence-electron chi connectivity index (χ1n) is 8.12. The minimum Gasteiger partial charge on any atom is -0.508 e. The van der Waals surface area contributed by atoms with Gasteiger partial charge in [0.05, 0.1) is 0 Å². The van der Waals surface area contributed by atoms with E-state index in [2.05, 4.69) is 5.32 Å². The molecule has 0 unspecified atom stereocenters. The lowest BCUT2D eigenvalue weighted by Gasteiger charge is -2.17. The molecule has 0 radical (unpaired) electrons. The lowest BCUT2D eigenvalue weighted by atomic mass is 10.1. The molecule has 0 fully saturated rings. The summed E-state index contributed by atoms with van der Waals surface area (Å²) in [4.78, 5) is 34.1. The van der Waals surface area contributed by atoms with Gasteiger partial charge in [-0.15, -0.1) is 0 Å². The highest BCUT2D eigenvalue weighted by Crippen LogP contribution is 2.24. The van der Waals surface area contributed by atoms with Crippen LogP contribution in [0.2, 0.25) is 0 Å². The lowest BCUT2D eigenvalue weighted by molar-refractivity contribution is -0.131. The molecule has 7 heteroatoms. The fraction of sp³-hybridized carbons (Fsp3) is 0.150. The van der Waals surface area contributed by atoms with Gasteiger partial charge in [-0.1, -0.05) is 18.2 Å². The monoisotopic (exact) mass is 369 g/mol. The Morgan fingerprint density at radius 2 is 1.70 bits per heavy atom. The molecule has 0 aliphatic heterocycles. The second-order valence-corrected chi connectivity index (χ2v) is 5.72. The Morgan fingerprint density at radius 3 is 2.26 bits per heavy atom. The van der Waals surface area contributed by atoms with Crippen LogP contribution in [-0.2, 0) is 9.53 Å². The number of nitrogens with one attached hydrogen (secondary N) is 1. The Balaban J connectivity index is 2.08. The van der Waals surface area contributed by atoms with Gasteiger partial charge in [-0.05, 0) is 48.9 Å². The van der Waals surface area contributed by atoms with Gasteiger partial charge in [-0.25, -0.2) is 9.59 Å². The highest BCUT2D eigenvalue weighted by atomic mass is 16.6. The number of aliphatic carboxylic acids is 1. The molecule has 2 aromatic carbocycles. The molecule has 0 heterocycles. The zero-order valence-electron chi connectivity index (χ0n) is 14.6. The highest BCUT2D eigenvalue weighted by Gasteiger charge is 2.16. The zero-order valence-corrected chi connectivity index (χ0v) is 14.6. The van der Waals surface area contributed by atoms with E-state index in [-0.39, 0.29) is 18.0 Å². The van der Waals surface area contributed by atoms with Gasteiger partial charge in [-0.3, -0.25) is 10.1 Å². The maximum Gasteiger partial charge on any atom is 0.412 e. The minimum atomic E-state index is -1.10. The van der Waals surface area contributed by atoms with E-state index in [0.717, 1.165) is 6.08 Å². The van der Waals surface area contributed by atoms with Gasteiger partial charge in [0.1, 0.15) is 11.9 Å². The van der Waals surface area contributed by atoms with Crippen molar-refractivity contribution in [2.24, 2.45) is 0 Å². The number of ether oxygens (including phenoxy) is 1. The summed E-state index contributed by atoms with van der Waals surface area (Å²) in [7, 11) is 0. The van der Waals surface area contributed by atoms with Crippen LogP contribution in [0, 0.1) is 0 Å². The smallest absolute Gasteiger partial charge is 0.412 e. The Hall–Kier alpha value is -3.61. The third-order valence-electron chi connectivity index (χ3n) is 3.66. The molecule has 2 rings (SSSR count). The highest BCUT2D eigenvalue weighted by molar-refractivity contribution is 5.95. The van der Waals surface area contributed by atoms with E-state index < -0.39 is 18.2 Å². The first-order valence-corrected chi connectivity index (χ1v) is 8.12. The van der Waals surface area contributed by atoms with E-state index in [9.17, 15) is 19.5 Å². The van der Waals surface area contributed by atoms with Crippen LogP contribution < -0.4 is 5.32 Å². The lowest BCUT2D eigenvalue weighted by Crippen LogP contribution is -2.17. The number of hydrogen-bond donors (Lipinski definition) is 3. The molecule has 2 aromatic rings. The maximum absolute atomic E-state index is 12.2. The van der Waals surface area contributed by atoms with Crippen LogP contribution in [0.3, 0.4) is 0 Å². The molecule has 27 heavy (non-hydrogen) atoms. The van der Waals surface area contributed by atoms with E-state index in [1.54, 1.807) is 36.4 Å². The van der Waals surface area contributed by atoms with E-state index in [1.807, 2.05) is 0 Å². The number of amides is 1. The van der Waals surface area contributed by atoms with Crippen LogP contribution in [0.1, 0.15) is 35.4 Å². The number of anilines is 1. The van der Waals surface area contributed by atoms with Gasteiger partial charge >= 0.3 is 12.1 Å². The Morgan fingerprint density at radius 1 is 1.07 bits per heavy atom. The molecule has 0 saturated heterocycles. The van der Waals surface area contributed by atoms with Crippen LogP contribution in [-0.4, -0.2) is 28.1 Å². The SMILES string of the molecule is CC(=O)c1ccc(NC(=O)O[C@H](C/C=C/C(=O)O)c2ccc(O)cc2)cc1.